The Morgan fingerprint density at radius 1 is 1.36 bits per heavy atom. The number of aromatic nitrogens is 1. The molecular formula is C17H20N2O2S. The minimum Gasteiger partial charge on any atom is -0.379 e. The second-order valence-electron chi connectivity index (χ2n) is 5.59. The molecule has 3 heterocycles. The first-order valence-electron chi connectivity index (χ1n) is 7.50. The number of rotatable bonds is 5. The predicted molar refractivity (Wildman–Crippen MR) is 86.9 cm³/mol. The monoisotopic (exact) mass is 316 g/mol. The second-order valence-corrected chi connectivity index (χ2v) is 6.37. The molecule has 0 N–H and O–H groups in total. The molecule has 0 aromatic carbocycles. The van der Waals surface area contributed by atoms with E-state index in [4.69, 9.17) is 4.74 Å². The highest BCUT2D eigenvalue weighted by Crippen LogP contribution is 2.25. The standard InChI is InChI=1S/C17H20N2O2S/c1-21-16-4-8-19(17(20)11-14-5-9-22-12-14)15(16)10-13-2-6-18-7-3-13/h2-3,5-7,9,12,15-16H,4,8,10-11H2,1H3/t15-,16+/m0/s1. The van der Waals surface area contributed by atoms with E-state index in [9.17, 15) is 4.79 Å². The third-order valence-corrected chi connectivity index (χ3v) is 4.97. The van der Waals surface area contributed by atoms with Crippen LogP contribution in [0.25, 0.3) is 0 Å². The van der Waals surface area contributed by atoms with Crippen LogP contribution in [0.15, 0.2) is 41.4 Å². The van der Waals surface area contributed by atoms with Crippen LogP contribution in [0.1, 0.15) is 17.5 Å². The molecule has 1 fully saturated rings. The number of methoxy groups -OCH3 is 1. The Kier molecular flexibility index (Phi) is 4.85. The summed E-state index contributed by atoms with van der Waals surface area (Å²) in [5.41, 5.74) is 2.29. The summed E-state index contributed by atoms with van der Waals surface area (Å²) in [6.45, 7) is 0.775. The van der Waals surface area contributed by atoms with E-state index in [1.165, 1.54) is 5.56 Å². The number of nitrogens with zero attached hydrogens (tertiary/aromatic N) is 2. The molecule has 0 bridgehead atoms. The molecule has 1 saturated heterocycles. The van der Waals surface area contributed by atoms with Crippen LogP contribution < -0.4 is 0 Å². The summed E-state index contributed by atoms with van der Waals surface area (Å²) >= 11 is 1.63. The number of thiophene rings is 1. The fraction of sp³-hybridized carbons (Fsp3) is 0.412. The molecule has 0 radical (unpaired) electrons. The lowest BCUT2D eigenvalue weighted by Crippen LogP contribution is -2.42. The molecule has 22 heavy (non-hydrogen) atoms. The Morgan fingerprint density at radius 3 is 2.86 bits per heavy atom. The molecule has 4 nitrogen and oxygen atoms in total. The molecule has 2 aromatic heterocycles. The highest BCUT2D eigenvalue weighted by Gasteiger charge is 2.36. The van der Waals surface area contributed by atoms with E-state index in [2.05, 4.69) is 4.98 Å². The summed E-state index contributed by atoms with van der Waals surface area (Å²) < 4.78 is 5.60. The van der Waals surface area contributed by atoms with Gasteiger partial charge in [0.25, 0.3) is 0 Å². The van der Waals surface area contributed by atoms with Crippen LogP contribution >= 0.6 is 11.3 Å². The normalized spacial score (nSPS) is 21.2. The molecule has 0 spiro atoms. The van der Waals surface area contributed by atoms with Crippen molar-refractivity contribution in [3.63, 3.8) is 0 Å². The Balaban J connectivity index is 1.72. The fourth-order valence-corrected chi connectivity index (χ4v) is 3.75. The van der Waals surface area contributed by atoms with Gasteiger partial charge in [-0.05, 0) is 52.9 Å². The van der Waals surface area contributed by atoms with Crippen molar-refractivity contribution in [2.75, 3.05) is 13.7 Å². The van der Waals surface area contributed by atoms with Gasteiger partial charge in [0, 0.05) is 26.0 Å². The highest BCUT2D eigenvalue weighted by molar-refractivity contribution is 7.07. The lowest BCUT2D eigenvalue weighted by atomic mass is 10.0. The number of hydrogen-bond acceptors (Lipinski definition) is 4. The maximum Gasteiger partial charge on any atom is 0.227 e. The molecule has 116 valence electrons. The number of pyridine rings is 1. The van der Waals surface area contributed by atoms with Crippen LogP contribution in [-0.2, 0) is 22.4 Å². The van der Waals surface area contributed by atoms with Gasteiger partial charge in [0.05, 0.1) is 18.6 Å². The zero-order chi connectivity index (χ0) is 15.4. The maximum atomic E-state index is 12.6. The van der Waals surface area contributed by atoms with Gasteiger partial charge in [-0.15, -0.1) is 0 Å². The van der Waals surface area contributed by atoms with Gasteiger partial charge in [0.1, 0.15) is 0 Å². The van der Waals surface area contributed by atoms with E-state index in [1.807, 2.05) is 33.9 Å². The maximum absolute atomic E-state index is 12.6. The molecule has 1 aliphatic rings. The highest BCUT2D eigenvalue weighted by atomic mass is 32.1. The smallest absolute Gasteiger partial charge is 0.227 e. The summed E-state index contributed by atoms with van der Waals surface area (Å²) in [7, 11) is 1.73. The van der Waals surface area contributed by atoms with Crippen LogP contribution in [0.5, 0.6) is 0 Å². The first-order valence-corrected chi connectivity index (χ1v) is 8.44. The van der Waals surface area contributed by atoms with E-state index in [-0.39, 0.29) is 18.1 Å². The Hall–Kier alpha value is -1.72. The lowest BCUT2D eigenvalue weighted by Gasteiger charge is -2.28. The molecule has 0 aliphatic carbocycles. The summed E-state index contributed by atoms with van der Waals surface area (Å²) in [4.78, 5) is 18.7. The van der Waals surface area contributed by atoms with Crippen molar-refractivity contribution >= 4 is 17.2 Å². The second kappa shape index (κ2) is 7.03. The number of likely N-dealkylation sites (tertiary alicyclic amines) is 1. The van der Waals surface area contributed by atoms with Crippen molar-refractivity contribution in [3.05, 3.63) is 52.5 Å². The van der Waals surface area contributed by atoms with Crippen LogP contribution in [0.3, 0.4) is 0 Å². The van der Waals surface area contributed by atoms with Crippen molar-refractivity contribution in [1.29, 1.82) is 0 Å². The van der Waals surface area contributed by atoms with Crippen LogP contribution in [-0.4, -0.2) is 41.6 Å². The average Bonchev–Trinajstić information content (AvgIpc) is 3.18. The topological polar surface area (TPSA) is 42.4 Å². The van der Waals surface area contributed by atoms with E-state index in [0.717, 1.165) is 24.9 Å². The van der Waals surface area contributed by atoms with Crippen LogP contribution in [0.2, 0.25) is 0 Å². The molecule has 2 atom stereocenters. The average molecular weight is 316 g/mol. The minimum atomic E-state index is 0.110. The number of carbonyl (C=O) groups excluding carboxylic acids is 1. The van der Waals surface area contributed by atoms with Crippen molar-refractivity contribution in [3.8, 4) is 0 Å². The van der Waals surface area contributed by atoms with E-state index in [0.29, 0.717) is 6.42 Å². The van der Waals surface area contributed by atoms with Gasteiger partial charge < -0.3 is 9.64 Å². The van der Waals surface area contributed by atoms with Gasteiger partial charge in [-0.3, -0.25) is 9.78 Å². The minimum absolute atomic E-state index is 0.110. The molecular weight excluding hydrogens is 296 g/mol. The van der Waals surface area contributed by atoms with Gasteiger partial charge in [0.2, 0.25) is 5.91 Å². The summed E-state index contributed by atoms with van der Waals surface area (Å²) in [6.07, 6.45) is 5.90. The first kappa shape index (κ1) is 15.2. The predicted octanol–water partition coefficient (Wildman–Crippen LogP) is 2.54. The zero-order valence-electron chi connectivity index (χ0n) is 12.6. The van der Waals surface area contributed by atoms with Crippen molar-refractivity contribution < 1.29 is 9.53 Å². The largest absolute Gasteiger partial charge is 0.379 e. The number of amides is 1. The lowest BCUT2D eigenvalue weighted by molar-refractivity contribution is -0.132. The van der Waals surface area contributed by atoms with E-state index < -0.39 is 0 Å². The Bertz CT molecular complexity index is 600. The Labute approximate surface area is 134 Å². The van der Waals surface area contributed by atoms with E-state index >= 15 is 0 Å². The van der Waals surface area contributed by atoms with Gasteiger partial charge in [-0.2, -0.15) is 11.3 Å². The first-order chi connectivity index (χ1) is 10.8. The zero-order valence-corrected chi connectivity index (χ0v) is 13.5. The third-order valence-electron chi connectivity index (χ3n) is 4.24. The Morgan fingerprint density at radius 2 is 2.18 bits per heavy atom. The van der Waals surface area contributed by atoms with Crippen molar-refractivity contribution in [1.82, 2.24) is 9.88 Å². The summed E-state index contributed by atoms with van der Waals surface area (Å²) in [6, 6.07) is 6.14. The quantitative estimate of drug-likeness (QED) is 0.851. The number of ether oxygens (including phenoxy) is 1. The fourth-order valence-electron chi connectivity index (χ4n) is 3.08. The molecule has 1 amide bonds. The third kappa shape index (κ3) is 3.36. The summed E-state index contributed by atoms with van der Waals surface area (Å²) in [5.74, 6) is 0.192. The molecule has 3 rings (SSSR count). The van der Waals surface area contributed by atoms with Gasteiger partial charge in [-0.1, -0.05) is 0 Å². The number of carbonyl (C=O) groups is 1. The van der Waals surface area contributed by atoms with Gasteiger partial charge in [-0.25, -0.2) is 0 Å². The van der Waals surface area contributed by atoms with E-state index in [1.54, 1.807) is 30.8 Å². The van der Waals surface area contributed by atoms with Crippen LogP contribution in [0.4, 0.5) is 0 Å². The molecule has 0 unspecified atom stereocenters. The van der Waals surface area contributed by atoms with Crippen LogP contribution in [0, 0.1) is 0 Å². The summed E-state index contributed by atoms with van der Waals surface area (Å²) in [5, 5.41) is 4.05. The van der Waals surface area contributed by atoms with Gasteiger partial charge >= 0.3 is 0 Å². The van der Waals surface area contributed by atoms with Crippen molar-refractivity contribution in [2.45, 2.75) is 31.4 Å². The SMILES string of the molecule is CO[C@@H]1CCN(C(=O)Cc2ccsc2)[C@H]1Cc1ccncc1. The molecule has 2 aromatic rings. The van der Waals surface area contributed by atoms with Gasteiger partial charge in [0.15, 0.2) is 0 Å². The molecule has 5 heteroatoms. The molecule has 0 saturated carbocycles. The number of hydrogen-bond donors (Lipinski definition) is 0. The van der Waals surface area contributed by atoms with Crippen molar-refractivity contribution in [2.24, 2.45) is 0 Å². The molecule has 1 aliphatic heterocycles.